The molecule has 110 valence electrons. The number of hydrogen-bond acceptors (Lipinski definition) is 5. The van der Waals surface area contributed by atoms with Gasteiger partial charge in [0.2, 0.25) is 5.91 Å². The molecule has 1 saturated heterocycles. The molecule has 0 aliphatic carbocycles. The summed E-state index contributed by atoms with van der Waals surface area (Å²) in [6.45, 7) is 2.09. The van der Waals surface area contributed by atoms with Crippen LogP contribution < -0.4 is 4.90 Å². The number of carbonyl (C=O) groups is 2. The summed E-state index contributed by atoms with van der Waals surface area (Å²) in [5, 5.41) is 0.0765. The Morgan fingerprint density at radius 1 is 1.57 bits per heavy atom. The minimum atomic E-state index is -0.00484. The van der Waals surface area contributed by atoms with E-state index in [0.717, 1.165) is 9.99 Å². The van der Waals surface area contributed by atoms with E-state index in [-0.39, 0.29) is 16.9 Å². The zero-order valence-electron chi connectivity index (χ0n) is 11.3. The van der Waals surface area contributed by atoms with Crippen molar-refractivity contribution in [1.29, 1.82) is 0 Å². The summed E-state index contributed by atoms with van der Waals surface area (Å²) in [5.74, 6) is 0.812. The van der Waals surface area contributed by atoms with Crippen LogP contribution >= 0.6 is 27.7 Å². The minimum absolute atomic E-state index is 0.00484. The highest BCUT2D eigenvalue weighted by Crippen LogP contribution is 2.30. The molecule has 3 rings (SSSR count). The van der Waals surface area contributed by atoms with Gasteiger partial charge in [-0.3, -0.25) is 14.5 Å². The first kappa shape index (κ1) is 14.6. The number of hydrogen-bond donors (Lipinski definition) is 0. The van der Waals surface area contributed by atoms with Crippen LogP contribution in [-0.2, 0) is 9.59 Å². The molecule has 0 N–H and O–H groups in total. The lowest BCUT2D eigenvalue weighted by Gasteiger charge is -2.10. The van der Waals surface area contributed by atoms with Crippen molar-refractivity contribution in [3.63, 3.8) is 0 Å². The maximum Gasteiger partial charge on any atom is 0.305 e. The van der Waals surface area contributed by atoms with Crippen molar-refractivity contribution in [3.8, 4) is 0 Å². The number of anilines is 1. The number of amides is 1. The average molecular weight is 369 g/mol. The van der Waals surface area contributed by atoms with Gasteiger partial charge in [0, 0.05) is 30.1 Å². The molecule has 1 aliphatic rings. The number of nitrogens with zero attached hydrogens (tertiary/aromatic N) is 2. The van der Waals surface area contributed by atoms with Crippen molar-refractivity contribution in [1.82, 2.24) is 4.98 Å². The maximum absolute atomic E-state index is 12.1. The van der Waals surface area contributed by atoms with Gasteiger partial charge in [-0.2, -0.15) is 4.98 Å². The monoisotopic (exact) mass is 368 g/mol. The van der Waals surface area contributed by atoms with E-state index in [9.17, 15) is 9.59 Å². The molecule has 1 aromatic carbocycles. The topological polar surface area (TPSA) is 63.4 Å². The smallest absolute Gasteiger partial charge is 0.305 e. The third-order valence-electron chi connectivity index (χ3n) is 3.30. The number of thioether (sulfide) groups is 1. The Hall–Kier alpha value is -1.34. The van der Waals surface area contributed by atoms with Gasteiger partial charge in [0.1, 0.15) is 5.52 Å². The fourth-order valence-electron chi connectivity index (χ4n) is 2.32. The average Bonchev–Trinajstić information content (AvgIpc) is 2.99. The maximum atomic E-state index is 12.1. The van der Waals surface area contributed by atoms with Gasteiger partial charge in [0.15, 0.2) is 10.7 Å². The molecule has 0 spiro atoms. The molecule has 2 aromatic rings. The van der Waals surface area contributed by atoms with Gasteiger partial charge < -0.3 is 4.42 Å². The second-order valence-corrected chi connectivity index (χ2v) is 7.10. The second-order valence-electron chi connectivity index (χ2n) is 4.99. The van der Waals surface area contributed by atoms with E-state index in [2.05, 4.69) is 20.9 Å². The van der Waals surface area contributed by atoms with Gasteiger partial charge >= 0.3 is 6.01 Å². The van der Waals surface area contributed by atoms with Crippen LogP contribution in [0.5, 0.6) is 0 Å². The summed E-state index contributed by atoms with van der Waals surface area (Å²) in [4.78, 5) is 29.0. The molecule has 0 saturated carbocycles. The number of oxazole rings is 1. The van der Waals surface area contributed by atoms with Crippen LogP contribution in [0.25, 0.3) is 11.1 Å². The molecule has 7 heteroatoms. The highest BCUT2D eigenvalue weighted by atomic mass is 79.9. The summed E-state index contributed by atoms with van der Waals surface area (Å²) in [6, 6.07) is 5.89. The van der Waals surface area contributed by atoms with Crippen molar-refractivity contribution in [3.05, 3.63) is 22.7 Å². The van der Waals surface area contributed by atoms with Crippen LogP contribution in [0.1, 0.15) is 13.3 Å². The lowest BCUT2D eigenvalue weighted by molar-refractivity contribution is -0.117. The SMILES string of the molecule is CC(=O)SCC1CC(=O)N(c2nc3ccc(Br)cc3o2)C1. The predicted molar refractivity (Wildman–Crippen MR) is 85.3 cm³/mol. The van der Waals surface area contributed by atoms with Crippen molar-refractivity contribution in [2.45, 2.75) is 13.3 Å². The first-order chi connectivity index (χ1) is 10.0. The Labute approximate surface area is 134 Å². The number of rotatable bonds is 3. The Morgan fingerprint density at radius 2 is 2.38 bits per heavy atom. The lowest BCUT2D eigenvalue weighted by atomic mass is 10.1. The summed E-state index contributed by atoms with van der Waals surface area (Å²) in [6.07, 6.45) is 0.433. The van der Waals surface area contributed by atoms with E-state index >= 15 is 0 Å². The molecule has 1 aromatic heterocycles. The van der Waals surface area contributed by atoms with Gasteiger partial charge in [0.05, 0.1) is 0 Å². The molecule has 1 aliphatic heterocycles. The van der Waals surface area contributed by atoms with Gasteiger partial charge in [-0.25, -0.2) is 0 Å². The predicted octanol–water partition coefficient (Wildman–Crippen LogP) is 3.22. The Bertz CT molecular complexity index is 715. The zero-order chi connectivity index (χ0) is 15.0. The molecule has 2 heterocycles. The van der Waals surface area contributed by atoms with Crippen molar-refractivity contribution < 1.29 is 14.0 Å². The minimum Gasteiger partial charge on any atom is -0.423 e. The number of carbonyl (C=O) groups excluding carboxylic acids is 2. The fraction of sp³-hybridized carbons (Fsp3) is 0.357. The number of fused-ring (bicyclic) bond motifs is 1. The van der Waals surface area contributed by atoms with Crippen molar-refractivity contribution in [2.75, 3.05) is 17.2 Å². The first-order valence-corrected chi connectivity index (χ1v) is 8.30. The van der Waals surface area contributed by atoms with Crippen LogP contribution in [0.2, 0.25) is 0 Å². The van der Waals surface area contributed by atoms with E-state index in [1.54, 1.807) is 4.90 Å². The largest absolute Gasteiger partial charge is 0.423 e. The Balaban J connectivity index is 1.79. The molecule has 21 heavy (non-hydrogen) atoms. The molecule has 1 unspecified atom stereocenters. The highest BCUT2D eigenvalue weighted by molar-refractivity contribution is 9.10. The van der Waals surface area contributed by atoms with Gasteiger partial charge in [0.25, 0.3) is 0 Å². The normalized spacial score (nSPS) is 18.7. The zero-order valence-corrected chi connectivity index (χ0v) is 13.7. The number of halogens is 1. The Kier molecular flexibility index (Phi) is 4.03. The van der Waals surface area contributed by atoms with Crippen LogP contribution in [0.3, 0.4) is 0 Å². The van der Waals surface area contributed by atoms with Gasteiger partial charge in [-0.05, 0) is 24.1 Å². The Morgan fingerprint density at radius 3 is 3.14 bits per heavy atom. The third kappa shape index (κ3) is 3.13. The molecule has 1 amide bonds. The standard InChI is InChI=1S/C14H13BrN2O3S/c1-8(18)21-7-9-4-13(19)17(6-9)14-16-11-3-2-10(15)5-12(11)20-14/h2-3,5,9H,4,6-7H2,1H3. The molecule has 1 atom stereocenters. The molecular formula is C14H13BrN2O3S. The second kappa shape index (κ2) is 5.81. The molecule has 1 fully saturated rings. The van der Waals surface area contributed by atoms with E-state index in [1.165, 1.54) is 18.7 Å². The van der Waals surface area contributed by atoms with Crippen molar-refractivity contribution >= 4 is 55.8 Å². The number of aromatic nitrogens is 1. The molecular weight excluding hydrogens is 356 g/mol. The third-order valence-corrected chi connectivity index (χ3v) is 4.84. The quantitative estimate of drug-likeness (QED) is 0.831. The van der Waals surface area contributed by atoms with Crippen LogP contribution in [0, 0.1) is 5.92 Å². The summed E-state index contributed by atoms with van der Waals surface area (Å²) in [5.41, 5.74) is 1.37. The van der Waals surface area contributed by atoms with E-state index in [4.69, 9.17) is 4.42 Å². The van der Waals surface area contributed by atoms with E-state index in [1.807, 2.05) is 18.2 Å². The molecule has 0 radical (unpaired) electrons. The summed E-state index contributed by atoms with van der Waals surface area (Å²) < 4.78 is 6.57. The van der Waals surface area contributed by atoms with Crippen LogP contribution in [0.4, 0.5) is 6.01 Å². The summed E-state index contributed by atoms with van der Waals surface area (Å²) >= 11 is 4.64. The lowest BCUT2D eigenvalue weighted by Crippen LogP contribution is -2.25. The fourth-order valence-corrected chi connectivity index (χ4v) is 3.35. The summed E-state index contributed by atoms with van der Waals surface area (Å²) in [7, 11) is 0. The first-order valence-electron chi connectivity index (χ1n) is 6.53. The van der Waals surface area contributed by atoms with E-state index < -0.39 is 0 Å². The highest BCUT2D eigenvalue weighted by Gasteiger charge is 2.33. The van der Waals surface area contributed by atoms with Gasteiger partial charge in [-0.15, -0.1) is 0 Å². The van der Waals surface area contributed by atoms with Gasteiger partial charge in [-0.1, -0.05) is 27.7 Å². The van der Waals surface area contributed by atoms with Crippen molar-refractivity contribution in [2.24, 2.45) is 5.92 Å². The molecule has 0 bridgehead atoms. The molecule has 5 nitrogen and oxygen atoms in total. The van der Waals surface area contributed by atoms with E-state index in [0.29, 0.717) is 30.3 Å². The number of benzene rings is 1. The van der Waals surface area contributed by atoms with Crippen LogP contribution in [0.15, 0.2) is 27.1 Å². The van der Waals surface area contributed by atoms with Crippen LogP contribution in [-0.4, -0.2) is 28.3 Å².